The van der Waals surface area contributed by atoms with Gasteiger partial charge in [-0.1, -0.05) is 18.2 Å². The number of fused-ring (bicyclic) bond motifs is 3. The second kappa shape index (κ2) is 2.65. The lowest BCUT2D eigenvalue weighted by Gasteiger charge is -1.87. The lowest BCUT2D eigenvalue weighted by atomic mass is 10.2. The molecule has 3 aromatic rings. The fraction of sp³-hybridized carbons (Fsp3) is 0. The smallest absolute Gasteiger partial charge is 0.266 e. The summed E-state index contributed by atoms with van der Waals surface area (Å²) in [6.45, 7) is 0. The molecule has 0 radical (unpaired) electrons. The van der Waals surface area contributed by atoms with E-state index < -0.39 is 0 Å². The van der Waals surface area contributed by atoms with E-state index in [1.807, 2.05) is 24.3 Å². The first-order chi connectivity index (χ1) is 6.86. The Morgan fingerprint density at radius 3 is 3.00 bits per heavy atom. The van der Waals surface area contributed by atoms with Gasteiger partial charge < -0.3 is 0 Å². The van der Waals surface area contributed by atoms with Crippen LogP contribution in [0.15, 0.2) is 35.3 Å². The Bertz CT molecular complexity index is 668. The molecule has 0 saturated heterocycles. The minimum Gasteiger partial charge on any atom is -0.266 e. The van der Waals surface area contributed by atoms with E-state index in [9.17, 15) is 4.79 Å². The predicted octanol–water partition coefficient (Wildman–Crippen LogP) is 2.14. The van der Waals surface area contributed by atoms with Gasteiger partial charge in [-0.15, -0.1) is 11.3 Å². The van der Waals surface area contributed by atoms with E-state index in [1.165, 1.54) is 11.3 Å². The molecule has 0 spiro atoms. The van der Waals surface area contributed by atoms with E-state index in [1.54, 1.807) is 6.20 Å². The third-order valence-electron chi connectivity index (χ3n) is 2.20. The van der Waals surface area contributed by atoms with Gasteiger partial charge in [0.2, 0.25) is 0 Å². The van der Waals surface area contributed by atoms with Gasteiger partial charge in [-0.3, -0.25) is 4.79 Å². The van der Waals surface area contributed by atoms with E-state index in [0.717, 1.165) is 20.2 Å². The summed E-state index contributed by atoms with van der Waals surface area (Å²) in [4.78, 5) is 11.4. The van der Waals surface area contributed by atoms with Gasteiger partial charge >= 0.3 is 0 Å². The van der Waals surface area contributed by atoms with Crippen molar-refractivity contribution in [1.82, 2.24) is 10.2 Å². The van der Waals surface area contributed by atoms with Crippen LogP contribution >= 0.6 is 11.3 Å². The zero-order chi connectivity index (χ0) is 9.54. The number of nitrogens with one attached hydrogen (secondary N) is 1. The lowest BCUT2D eigenvalue weighted by molar-refractivity contribution is 1.01. The van der Waals surface area contributed by atoms with Crippen LogP contribution in [-0.2, 0) is 0 Å². The Labute approximate surface area is 83.0 Å². The van der Waals surface area contributed by atoms with E-state index in [0.29, 0.717) is 0 Å². The molecule has 0 saturated carbocycles. The monoisotopic (exact) mass is 202 g/mol. The molecule has 0 bridgehead atoms. The Hall–Kier alpha value is -1.68. The number of thiophene rings is 1. The van der Waals surface area contributed by atoms with Crippen LogP contribution < -0.4 is 5.56 Å². The summed E-state index contributed by atoms with van der Waals surface area (Å²) in [5.41, 5.74) is -0.108. The molecule has 2 aromatic heterocycles. The number of nitrogens with zero attached hydrogens (tertiary/aromatic N) is 1. The first kappa shape index (κ1) is 7.70. The number of rotatable bonds is 0. The highest BCUT2D eigenvalue weighted by atomic mass is 32.1. The molecule has 14 heavy (non-hydrogen) atoms. The van der Waals surface area contributed by atoms with Crippen molar-refractivity contribution in [1.29, 1.82) is 0 Å². The molecular formula is C10H6N2OS. The molecule has 0 aliphatic heterocycles. The summed E-state index contributed by atoms with van der Waals surface area (Å²) in [5.74, 6) is 0. The number of aromatic amines is 1. The fourth-order valence-corrected chi connectivity index (χ4v) is 2.63. The normalized spacial score (nSPS) is 11.1. The fourth-order valence-electron chi connectivity index (χ4n) is 1.57. The molecule has 0 unspecified atom stereocenters. The minimum absolute atomic E-state index is 0.108. The number of hydrogen-bond donors (Lipinski definition) is 1. The maximum absolute atomic E-state index is 11.4. The third-order valence-corrected chi connectivity index (χ3v) is 3.39. The first-order valence-electron chi connectivity index (χ1n) is 4.21. The van der Waals surface area contributed by atoms with Crippen LogP contribution in [0.2, 0.25) is 0 Å². The maximum atomic E-state index is 11.4. The highest BCUT2D eigenvalue weighted by Gasteiger charge is 2.06. The Kier molecular flexibility index (Phi) is 1.46. The van der Waals surface area contributed by atoms with Crippen molar-refractivity contribution in [3.05, 3.63) is 40.8 Å². The quantitative estimate of drug-likeness (QED) is 0.607. The molecule has 1 N–H and O–H groups in total. The zero-order valence-corrected chi connectivity index (χ0v) is 7.97. The summed E-state index contributed by atoms with van der Waals surface area (Å²) >= 11 is 1.50. The topological polar surface area (TPSA) is 45.8 Å². The molecule has 68 valence electrons. The summed E-state index contributed by atoms with van der Waals surface area (Å²) in [5, 5.41) is 8.29. The highest BCUT2D eigenvalue weighted by Crippen LogP contribution is 2.30. The van der Waals surface area contributed by atoms with Gasteiger partial charge in [-0.25, -0.2) is 5.10 Å². The van der Waals surface area contributed by atoms with Crippen LogP contribution in [-0.4, -0.2) is 10.2 Å². The number of hydrogen-bond acceptors (Lipinski definition) is 3. The van der Waals surface area contributed by atoms with E-state index >= 15 is 0 Å². The molecule has 0 fully saturated rings. The summed E-state index contributed by atoms with van der Waals surface area (Å²) in [6, 6.07) is 7.96. The largest absolute Gasteiger partial charge is 0.282 e. The highest BCUT2D eigenvalue weighted by molar-refractivity contribution is 7.25. The van der Waals surface area contributed by atoms with Crippen LogP contribution in [0.4, 0.5) is 0 Å². The molecule has 3 nitrogen and oxygen atoms in total. The van der Waals surface area contributed by atoms with E-state index in [-0.39, 0.29) is 5.56 Å². The van der Waals surface area contributed by atoms with Crippen molar-refractivity contribution in [2.24, 2.45) is 0 Å². The van der Waals surface area contributed by atoms with Gasteiger partial charge in [0.1, 0.15) is 4.70 Å². The average molecular weight is 202 g/mol. The molecule has 4 heteroatoms. The molecule has 0 atom stereocenters. The Morgan fingerprint density at radius 2 is 2.07 bits per heavy atom. The minimum atomic E-state index is -0.108. The van der Waals surface area contributed by atoms with Gasteiger partial charge in [-0.05, 0) is 6.07 Å². The molecule has 1 aromatic carbocycles. The van der Waals surface area contributed by atoms with Crippen molar-refractivity contribution in [3.63, 3.8) is 0 Å². The van der Waals surface area contributed by atoms with Crippen LogP contribution in [0.5, 0.6) is 0 Å². The average Bonchev–Trinajstić information content (AvgIpc) is 2.59. The van der Waals surface area contributed by atoms with E-state index in [4.69, 9.17) is 0 Å². The second-order valence-corrected chi connectivity index (χ2v) is 4.09. The zero-order valence-electron chi connectivity index (χ0n) is 7.15. The van der Waals surface area contributed by atoms with Gasteiger partial charge in [0.25, 0.3) is 5.56 Å². The first-order valence-corrected chi connectivity index (χ1v) is 5.03. The summed E-state index contributed by atoms with van der Waals surface area (Å²) < 4.78 is 1.88. The Morgan fingerprint density at radius 1 is 1.21 bits per heavy atom. The maximum Gasteiger partial charge on any atom is 0.282 e. The van der Waals surface area contributed by atoms with Crippen molar-refractivity contribution in [2.45, 2.75) is 0 Å². The standard InChI is InChI=1S/C10H6N2OS/c13-10-9-7(5-11-12-10)6-3-1-2-4-8(6)14-9/h1-5H,(H,12,13). The van der Waals surface area contributed by atoms with Crippen molar-refractivity contribution in [3.8, 4) is 0 Å². The van der Waals surface area contributed by atoms with Crippen LogP contribution in [0.3, 0.4) is 0 Å². The third kappa shape index (κ3) is 0.914. The van der Waals surface area contributed by atoms with Crippen molar-refractivity contribution < 1.29 is 0 Å². The van der Waals surface area contributed by atoms with Crippen molar-refractivity contribution >= 4 is 31.5 Å². The molecule has 3 rings (SSSR count). The number of benzene rings is 1. The lowest BCUT2D eigenvalue weighted by Crippen LogP contribution is -2.04. The molecule has 0 amide bonds. The second-order valence-electron chi connectivity index (χ2n) is 3.04. The summed E-state index contributed by atoms with van der Waals surface area (Å²) in [7, 11) is 0. The van der Waals surface area contributed by atoms with Crippen LogP contribution in [0, 0.1) is 0 Å². The summed E-state index contributed by atoms with van der Waals surface area (Å²) in [6.07, 6.45) is 1.70. The molecule has 0 aliphatic rings. The number of aromatic nitrogens is 2. The molecule has 0 aliphatic carbocycles. The SMILES string of the molecule is O=c1[nH]ncc2c1sc1ccccc12. The van der Waals surface area contributed by atoms with Gasteiger partial charge in [0.15, 0.2) is 0 Å². The van der Waals surface area contributed by atoms with Crippen LogP contribution in [0.25, 0.3) is 20.2 Å². The molecule has 2 heterocycles. The predicted molar refractivity (Wildman–Crippen MR) is 57.7 cm³/mol. The van der Waals surface area contributed by atoms with Gasteiger partial charge in [0.05, 0.1) is 6.20 Å². The number of H-pyrrole nitrogens is 1. The van der Waals surface area contributed by atoms with E-state index in [2.05, 4.69) is 10.2 Å². The Balaban J connectivity index is 2.70. The van der Waals surface area contributed by atoms with Crippen molar-refractivity contribution in [2.75, 3.05) is 0 Å². The molecular weight excluding hydrogens is 196 g/mol. The van der Waals surface area contributed by atoms with Gasteiger partial charge in [0, 0.05) is 15.5 Å². The van der Waals surface area contributed by atoms with Crippen LogP contribution in [0.1, 0.15) is 0 Å². The van der Waals surface area contributed by atoms with Gasteiger partial charge in [-0.2, -0.15) is 5.10 Å².